The van der Waals surface area contributed by atoms with Gasteiger partial charge in [-0.2, -0.15) is 0 Å². The van der Waals surface area contributed by atoms with Gasteiger partial charge in [-0.3, -0.25) is 14.5 Å². The first-order valence-electron chi connectivity index (χ1n) is 10.3. The van der Waals surface area contributed by atoms with Gasteiger partial charge in [0, 0.05) is 19.6 Å². The Kier molecular flexibility index (Phi) is 6.87. The Hall–Kier alpha value is -2.17. The minimum atomic E-state index is -0.0159. The molecule has 2 aromatic rings. The summed E-state index contributed by atoms with van der Waals surface area (Å²) in [6.07, 6.45) is 4.16. The molecule has 0 heterocycles. The molecule has 3 rings (SSSR count). The minimum absolute atomic E-state index is 0.0159. The van der Waals surface area contributed by atoms with Gasteiger partial charge in [-0.15, -0.1) is 0 Å². The van der Waals surface area contributed by atoms with Crippen LogP contribution in [0, 0.1) is 0 Å². The lowest BCUT2D eigenvalue weighted by molar-refractivity contribution is -0.170. The summed E-state index contributed by atoms with van der Waals surface area (Å²) in [5, 5.41) is 1.32. The van der Waals surface area contributed by atoms with Gasteiger partial charge in [-0.25, -0.2) is 5.06 Å². The Morgan fingerprint density at radius 3 is 2.11 bits per heavy atom. The van der Waals surface area contributed by atoms with Crippen molar-refractivity contribution >= 4 is 5.91 Å². The quantitative estimate of drug-likeness (QED) is 0.653. The molecule has 0 saturated carbocycles. The molecule has 0 spiro atoms. The van der Waals surface area contributed by atoms with Crippen molar-refractivity contribution in [2.75, 3.05) is 20.7 Å². The molecule has 0 radical (unpaired) electrons. The highest BCUT2D eigenvalue weighted by molar-refractivity contribution is 5.77. The normalized spacial score (nSPS) is 13.8. The molecule has 0 atom stereocenters. The highest BCUT2D eigenvalue weighted by Crippen LogP contribution is 2.30. The van der Waals surface area contributed by atoms with Crippen molar-refractivity contribution in [3.05, 3.63) is 70.3 Å². The first-order valence-corrected chi connectivity index (χ1v) is 10.3. The van der Waals surface area contributed by atoms with E-state index < -0.39 is 0 Å². The summed E-state index contributed by atoms with van der Waals surface area (Å²) >= 11 is 0. The van der Waals surface area contributed by atoms with Crippen LogP contribution >= 0.6 is 0 Å². The lowest BCUT2D eigenvalue weighted by Crippen LogP contribution is -2.43. The van der Waals surface area contributed by atoms with E-state index in [2.05, 4.69) is 55.1 Å². The molecule has 0 aliphatic heterocycles. The van der Waals surface area contributed by atoms with Crippen LogP contribution < -0.4 is 0 Å². The Labute approximate surface area is 169 Å². The van der Waals surface area contributed by atoms with E-state index >= 15 is 0 Å². The van der Waals surface area contributed by atoms with Gasteiger partial charge in [-0.05, 0) is 53.5 Å². The maximum atomic E-state index is 12.6. The van der Waals surface area contributed by atoms with Crippen molar-refractivity contribution in [2.45, 2.75) is 52.1 Å². The zero-order valence-corrected chi connectivity index (χ0v) is 17.6. The zero-order valence-electron chi connectivity index (χ0n) is 17.6. The molecule has 0 bridgehead atoms. The van der Waals surface area contributed by atoms with Crippen molar-refractivity contribution in [3.63, 3.8) is 0 Å². The number of likely N-dealkylation sites (N-methyl/N-ethyl adjacent to an activating group) is 1. The third-order valence-electron chi connectivity index (χ3n) is 5.90. The van der Waals surface area contributed by atoms with E-state index in [-0.39, 0.29) is 5.91 Å². The van der Waals surface area contributed by atoms with Gasteiger partial charge in [0.05, 0.1) is 13.7 Å². The predicted molar refractivity (Wildman–Crippen MR) is 113 cm³/mol. The molecule has 0 N–H and O–H groups in total. The summed E-state index contributed by atoms with van der Waals surface area (Å²) in [6.45, 7) is 5.59. The van der Waals surface area contributed by atoms with Gasteiger partial charge in [0.25, 0.3) is 5.91 Å². The number of hydrogen-bond acceptors (Lipinski definition) is 3. The number of amides is 1. The molecule has 150 valence electrons. The first-order chi connectivity index (χ1) is 13.5. The number of rotatable bonds is 8. The smallest absolute Gasteiger partial charge is 0.260 e. The first kappa shape index (κ1) is 20.6. The van der Waals surface area contributed by atoms with Crippen LogP contribution in [-0.2, 0) is 41.9 Å². The van der Waals surface area contributed by atoms with Gasteiger partial charge in [0.1, 0.15) is 0 Å². The number of nitrogens with zero attached hydrogens (tertiary/aromatic N) is 2. The van der Waals surface area contributed by atoms with Gasteiger partial charge >= 0.3 is 0 Å². The standard InChI is InChI=1S/C24H32N2O2/c1-5-19-12-21-14-23(15-22(21)13-20(19)6-2)26(17-24(27)25(3)28-4)16-18-10-8-7-9-11-18/h7-13,23H,5-6,14-17H2,1-4H3. The van der Waals surface area contributed by atoms with E-state index in [1.165, 1.54) is 40.0 Å². The van der Waals surface area contributed by atoms with Crippen molar-refractivity contribution < 1.29 is 9.63 Å². The molecule has 0 aromatic heterocycles. The third kappa shape index (κ3) is 4.62. The lowest BCUT2D eigenvalue weighted by Gasteiger charge is -2.29. The minimum Gasteiger partial charge on any atom is -0.286 e. The molecule has 1 aliphatic rings. The van der Waals surface area contributed by atoms with Gasteiger partial charge in [-0.1, -0.05) is 56.3 Å². The molecule has 0 fully saturated rings. The maximum absolute atomic E-state index is 12.6. The van der Waals surface area contributed by atoms with Crippen LogP contribution in [0.4, 0.5) is 0 Å². The van der Waals surface area contributed by atoms with E-state index in [1.54, 1.807) is 7.05 Å². The number of carbonyl (C=O) groups is 1. The van der Waals surface area contributed by atoms with E-state index in [0.29, 0.717) is 12.6 Å². The second-order valence-corrected chi connectivity index (χ2v) is 7.62. The summed E-state index contributed by atoms with van der Waals surface area (Å²) in [5.41, 5.74) is 7.06. The molecular weight excluding hydrogens is 348 g/mol. The Balaban J connectivity index is 1.82. The van der Waals surface area contributed by atoms with Crippen LogP contribution in [0.15, 0.2) is 42.5 Å². The number of aryl methyl sites for hydroxylation is 2. The fraction of sp³-hybridized carbons (Fsp3) is 0.458. The van der Waals surface area contributed by atoms with Crippen LogP contribution in [0.25, 0.3) is 0 Å². The number of benzene rings is 2. The molecular formula is C24H32N2O2. The van der Waals surface area contributed by atoms with Gasteiger partial charge in [0.2, 0.25) is 0 Å². The molecule has 0 unspecified atom stereocenters. The molecule has 1 aliphatic carbocycles. The Morgan fingerprint density at radius 1 is 1.04 bits per heavy atom. The Morgan fingerprint density at radius 2 is 1.61 bits per heavy atom. The molecule has 0 saturated heterocycles. The van der Waals surface area contributed by atoms with Gasteiger partial charge < -0.3 is 0 Å². The highest BCUT2D eigenvalue weighted by Gasteiger charge is 2.29. The molecule has 2 aromatic carbocycles. The van der Waals surface area contributed by atoms with E-state index in [4.69, 9.17) is 4.84 Å². The molecule has 1 amide bonds. The summed E-state index contributed by atoms with van der Waals surface area (Å²) in [6, 6.07) is 15.5. The number of hydroxylamine groups is 2. The highest BCUT2D eigenvalue weighted by atomic mass is 16.7. The molecule has 4 nitrogen and oxygen atoms in total. The molecule has 28 heavy (non-hydrogen) atoms. The van der Waals surface area contributed by atoms with E-state index in [9.17, 15) is 4.79 Å². The van der Waals surface area contributed by atoms with Crippen molar-refractivity contribution in [3.8, 4) is 0 Å². The van der Waals surface area contributed by atoms with Crippen LogP contribution in [-0.4, -0.2) is 42.6 Å². The predicted octanol–water partition coefficient (Wildman–Crippen LogP) is 3.80. The summed E-state index contributed by atoms with van der Waals surface area (Å²) < 4.78 is 0. The summed E-state index contributed by atoms with van der Waals surface area (Å²) in [5.74, 6) is -0.0159. The fourth-order valence-electron chi connectivity index (χ4n) is 4.17. The van der Waals surface area contributed by atoms with Crippen molar-refractivity contribution in [2.24, 2.45) is 0 Å². The van der Waals surface area contributed by atoms with Crippen molar-refractivity contribution in [1.82, 2.24) is 9.96 Å². The topological polar surface area (TPSA) is 32.8 Å². The maximum Gasteiger partial charge on any atom is 0.260 e. The number of hydrogen-bond donors (Lipinski definition) is 0. The zero-order chi connectivity index (χ0) is 20.1. The second-order valence-electron chi connectivity index (χ2n) is 7.62. The summed E-state index contributed by atoms with van der Waals surface area (Å²) in [4.78, 5) is 20.0. The van der Waals surface area contributed by atoms with E-state index in [0.717, 1.165) is 32.2 Å². The van der Waals surface area contributed by atoms with Crippen molar-refractivity contribution in [1.29, 1.82) is 0 Å². The molecule has 4 heteroatoms. The van der Waals surface area contributed by atoms with Crippen LogP contribution in [0.1, 0.15) is 41.7 Å². The third-order valence-corrected chi connectivity index (χ3v) is 5.90. The lowest BCUT2D eigenvalue weighted by atomic mass is 9.97. The fourth-order valence-corrected chi connectivity index (χ4v) is 4.17. The van der Waals surface area contributed by atoms with Crippen LogP contribution in [0.2, 0.25) is 0 Å². The Bertz CT molecular complexity index is 771. The second kappa shape index (κ2) is 9.35. The van der Waals surface area contributed by atoms with Crippen LogP contribution in [0.3, 0.4) is 0 Å². The monoisotopic (exact) mass is 380 g/mol. The SMILES string of the molecule is CCc1cc2c(cc1CC)CC(N(CC(=O)N(C)OC)Cc1ccccc1)C2. The van der Waals surface area contributed by atoms with E-state index in [1.807, 2.05) is 6.07 Å². The summed E-state index contributed by atoms with van der Waals surface area (Å²) in [7, 11) is 3.21. The number of carbonyl (C=O) groups excluding carboxylic acids is 1. The van der Waals surface area contributed by atoms with Crippen LogP contribution in [0.5, 0.6) is 0 Å². The largest absolute Gasteiger partial charge is 0.286 e. The van der Waals surface area contributed by atoms with Gasteiger partial charge in [0.15, 0.2) is 0 Å². The average molecular weight is 381 g/mol. The average Bonchev–Trinajstić information content (AvgIpc) is 3.15. The number of fused-ring (bicyclic) bond motifs is 1.